The Morgan fingerprint density at radius 2 is 1.77 bits per heavy atom. The zero-order chi connectivity index (χ0) is 20.1. The van der Waals surface area contributed by atoms with Gasteiger partial charge in [-0.25, -0.2) is 0 Å². The molecule has 0 saturated carbocycles. The number of nitrogens with one attached hydrogen (secondary N) is 1. The minimum absolute atomic E-state index is 0.114. The summed E-state index contributed by atoms with van der Waals surface area (Å²) in [4.78, 5) is 16.8. The Morgan fingerprint density at radius 3 is 2.63 bits per heavy atom. The molecule has 1 atom stereocenters. The van der Waals surface area contributed by atoms with E-state index >= 15 is 0 Å². The minimum Gasteiger partial charge on any atom is -0.326 e. The molecule has 1 fully saturated rings. The lowest BCUT2D eigenvalue weighted by Gasteiger charge is -2.38. The Bertz CT molecular complexity index is 1130. The van der Waals surface area contributed by atoms with Crippen LogP contribution in [0, 0.1) is 0 Å². The van der Waals surface area contributed by atoms with Gasteiger partial charge in [-0.3, -0.25) is 9.69 Å². The van der Waals surface area contributed by atoms with Gasteiger partial charge < -0.3 is 10.2 Å². The zero-order valence-electron chi connectivity index (χ0n) is 17.2. The van der Waals surface area contributed by atoms with Crippen LogP contribution in [-0.2, 0) is 24.1 Å². The van der Waals surface area contributed by atoms with Gasteiger partial charge in [-0.15, -0.1) is 0 Å². The quantitative estimate of drug-likeness (QED) is 0.728. The molecular weight excluding hydrogens is 370 g/mol. The molecule has 4 heteroatoms. The first-order valence-corrected chi connectivity index (χ1v) is 11.1. The van der Waals surface area contributed by atoms with Crippen molar-refractivity contribution in [3.8, 4) is 0 Å². The van der Waals surface area contributed by atoms with Gasteiger partial charge in [0.15, 0.2) is 0 Å². The second kappa shape index (κ2) is 7.22. The van der Waals surface area contributed by atoms with E-state index in [-0.39, 0.29) is 5.91 Å². The average Bonchev–Trinajstić information content (AvgIpc) is 3.34. The monoisotopic (exact) mass is 397 g/mol. The lowest BCUT2D eigenvalue weighted by Crippen LogP contribution is -2.48. The van der Waals surface area contributed by atoms with Gasteiger partial charge in [0.1, 0.15) is 0 Å². The summed E-state index contributed by atoms with van der Waals surface area (Å²) in [6.07, 6.45) is 2.73. The van der Waals surface area contributed by atoms with Crippen molar-refractivity contribution in [1.29, 1.82) is 0 Å². The number of hydrogen-bond donors (Lipinski definition) is 1. The summed E-state index contributed by atoms with van der Waals surface area (Å²) in [6.45, 7) is 5.63. The summed E-state index contributed by atoms with van der Waals surface area (Å²) in [5.74, 6) is 0.114. The largest absolute Gasteiger partial charge is 0.326 e. The molecule has 6 rings (SSSR count). The number of benzene rings is 3. The Balaban J connectivity index is 1.08. The smallest absolute Gasteiger partial charge is 0.228 e. The number of anilines is 1. The molecule has 3 aromatic rings. The van der Waals surface area contributed by atoms with E-state index in [1.807, 2.05) is 0 Å². The fraction of sp³-hybridized carbons (Fsp3) is 0.346. The fourth-order valence-electron chi connectivity index (χ4n) is 5.57. The predicted octanol–water partition coefficient (Wildman–Crippen LogP) is 3.79. The van der Waals surface area contributed by atoms with E-state index in [9.17, 15) is 4.79 Å². The van der Waals surface area contributed by atoms with Crippen LogP contribution in [-0.4, -0.2) is 48.4 Å². The lowest BCUT2D eigenvalue weighted by atomic mass is 10.0. The maximum atomic E-state index is 11.6. The number of amides is 1. The third-order valence-corrected chi connectivity index (χ3v) is 7.15. The maximum absolute atomic E-state index is 11.6. The summed E-state index contributed by atoms with van der Waals surface area (Å²) < 4.78 is 0. The van der Waals surface area contributed by atoms with Crippen molar-refractivity contribution in [2.24, 2.45) is 0 Å². The van der Waals surface area contributed by atoms with Gasteiger partial charge in [-0.2, -0.15) is 0 Å². The summed E-state index contributed by atoms with van der Waals surface area (Å²) in [5, 5.41) is 5.80. The topological polar surface area (TPSA) is 35.6 Å². The van der Waals surface area contributed by atoms with Crippen molar-refractivity contribution in [1.82, 2.24) is 9.80 Å². The number of carbonyl (C=O) groups excluding carboxylic acids is 1. The van der Waals surface area contributed by atoms with Crippen LogP contribution in [0.2, 0.25) is 0 Å². The molecule has 1 saturated heterocycles. The van der Waals surface area contributed by atoms with Crippen LogP contribution in [0.3, 0.4) is 0 Å². The lowest BCUT2D eigenvalue weighted by molar-refractivity contribution is -0.115. The average molecular weight is 398 g/mol. The summed E-state index contributed by atoms with van der Waals surface area (Å²) in [5.41, 5.74) is 6.52. The standard InChI is InChI=1S/C26H27N3O/c30-25-17-21-15-18(7-8-23(21)27-25)9-10-28-11-13-29(14-12-28)24-16-20-5-1-3-19-4-2-6-22(24)26(19)20/h1-8,15,24H,9-14,16-17H2,(H,27,30). The number of carbonyl (C=O) groups is 1. The molecule has 3 aromatic carbocycles. The van der Waals surface area contributed by atoms with Crippen molar-refractivity contribution in [2.45, 2.75) is 25.3 Å². The molecule has 4 nitrogen and oxygen atoms in total. The highest BCUT2D eigenvalue weighted by atomic mass is 16.1. The molecule has 152 valence electrons. The van der Waals surface area contributed by atoms with Gasteiger partial charge in [-0.05, 0) is 51.9 Å². The number of nitrogens with zero attached hydrogens (tertiary/aromatic N) is 2. The van der Waals surface area contributed by atoms with Gasteiger partial charge in [0.2, 0.25) is 5.91 Å². The van der Waals surface area contributed by atoms with Crippen LogP contribution >= 0.6 is 0 Å². The van der Waals surface area contributed by atoms with Crippen molar-refractivity contribution in [3.05, 3.63) is 76.9 Å². The van der Waals surface area contributed by atoms with E-state index in [1.54, 1.807) is 0 Å². The van der Waals surface area contributed by atoms with E-state index < -0.39 is 0 Å². The highest BCUT2D eigenvalue weighted by Crippen LogP contribution is 2.40. The first-order valence-electron chi connectivity index (χ1n) is 11.1. The van der Waals surface area contributed by atoms with Crippen LogP contribution in [0.25, 0.3) is 10.8 Å². The molecule has 3 aliphatic rings. The zero-order valence-corrected chi connectivity index (χ0v) is 17.2. The van der Waals surface area contributed by atoms with E-state index in [4.69, 9.17) is 0 Å². The number of hydrogen-bond acceptors (Lipinski definition) is 3. The molecule has 1 aliphatic carbocycles. The van der Waals surface area contributed by atoms with Crippen LogP contribution in [0.5, 0.6) is 0 Å². The number of fused-ring (bicyclic) bond motifs is 1. The molecule has 30 heavy (non-hydrogen) atoms. The van der Waals surface area contributed by atoms with Crippen LogP contribution in [0.4, 0.5) is 5.69 Å². The van der Waals surface area contributed by atoms with Gasteiger partial charge in [0, 0.05) is 44.5 Å². The normalized spacial score (nSPS) is 21.2. The van der Waals surface area contributed by atoms with Crippen molar-refractivity contribution < 1.29 is 4.79 Å². The Hall–Kier alpha value is -2.69. The fourth-order valence-corrected chi connectivity index (χ4v) is 5.57. The molecular formula is C26H27N3O. The molecule has 2 heterocycles. The molecule has 0 radical (unpaired) electrons. The second-order valence-corrected chi connectivity index (χ2v) is 8.93. The van der Waals surface area contributed by atoms with Gasteiger partial charge in [0.05, 0.1) is 6.42 Å². The van der Waals surface area contributed by atoms with Crippen molar-refractivity contribution >= 4 is 22.4 Å². The molecule has 1 N–H and O–H groups in total. The second-order valence-electron chi connectivity index (χ2n) is 8.93. The van der Waals surface area contributed by atoms with Gasteiger partial charge in [0.25, 0.3) is 0 Å². The molecule has 1 unspecified atom stereocenters. The van der Waals surface area contributed by atoms with Crippen LogP contribution in [0.1, 0.15) is 28.3 Å². The van der Waals surface area contributed by atoms with Gasteiger partial charge >= 0.3 is 0 Å². The van der Waals surface area contributed by atoms with E-state index in [0.29, 0.717) is 12.5 Å². The summed E-state index contributed by atoms with van der Waals surface area (Å²) in [7, 11) is 0. The predicted molar refractivity (Wildman–Crippen MR) is 121 cm³/mol. The van der Waals surface area contributed by atoms with Crippen molar-refractivity contribution in [3.63, 3.8) is 0 Å². The Labute approximate surface area is 177 Å². The molecule has 0 spiro atoms. The van der Waals surface area contributed by atoms with E-state index in [1.165, 1.54) is 27.5 Å². The Morgan fingerprint density at radius 1 is 0.933 bits per heavy atom. The van der Waals surface area contributed by atoms with Crippen LogP contribution < -0.4 is 5.32 Å². The summed E-state index contributed by atoms with van der Waals surface area (Å²) >= 11 is 0. The molecule has 1 amide bonds. The van der Waals surface area contributed by atoms with Crippen molar-refractivity contribution in [2.75, 3.05) is 38.0 Å². The maximum Gasteiger partial charge on any atom is 0.228 e. The van der Waals surface area contributed by atoms with Crippen LogP contribution in [0.15, 0.2) is 54.6 Å². The van der Waals surface area contributed by atoms with Gasteiger partial charge in [-0.1, -0.05) is 48.5 Å². The highest BCUT2D eigenvalue weighted by molar-refractivity contribution is 5.99. The molecule has 0 aromatic heterocycles. The number of rotatable bonds is 4. The first kappa shape index (κ1) is 18.1. The van der Waals surface area contributed by atoms with E-state index in [0.717, 1.165) is 56.8 Å². The SMILES string of the molecule is O=C1Cc2cc(CCN3CCN(C4Cc5cccc6cccc4c56)CC3)ccc2N1. The van der Waals surface area contributed by atoms with E-state index in [2.05, 4.69) is 69.7 Å². The third-order valence-electron chi connectivity index (χ3n) is 7.15. The Kier molecular flexibility index (Phi) is 4.36. The highest BCUT2D eigenvalue weighted by Gasteiger charge is 2.31. The summed E-state index contributed by atoms with van der Waals surface area (Å²) in [6, 6.07) is 20.5. The molecule has 0 bridgehead atoms. The minimum atomic E-state index is 0.114. The molecule has 2 aliphatic heterocycles. The first-order chi connectivity index (χ1) is 14.7. The number of piperazine rings is 1. The third kappa shape index (κ3) is 3.11.